The highest BCUT2D eigenvalue weighted by Gasteiger charge is 2.23. The van der Waals surface area contributed by atoms with Crippen LogP contribution in [0.3, 0.4) is 0 Å². The Kier molecular flexibility index (Phi) is 3.94. The lowest BCUT2D eigenvalue weighted by Crippen LogP contribution is -2.30. The monoisotopic (exact) mass is 290 g/mol. The summed E-state index contributed by atoms with van der Waals surface area (Å²) in [5, 5.41) is 18.3. The Morgan fingerprint density at radius 3 is 3.24 bits per heavy atom. The van der Waals surface area contributed by atoms with E-state index in [0.717, 1.165) is 37.2 Å². The van der Waals surface area contributed by atoms with Crippen LogP contribution >= 0.6 is 0 Å². The lowest BCUT2D eigenvalue weighted by atomic mass is 9.99. The first-order valence-corrected chi connectivity index (χ1v) is 7.23. The number of hydrogen-bond donors (Lipinski definition) is 1. The van der Waals surface area contributed by atoms with Crippen LogP contribution in [0.25, 0.3) is 0 Å². The van der Waals surface area contributed by atoms with Gasteiger partial charge in [0.2, 0.25) is 5.91 Å². The normalized spacial score (nSPS) is 18.0. The van der Waals surface area contributed by atoms with Crippen LogP contribution < -0.4 is 5.32 Å². The van der Waals surface area contributed by atoms with Gasteiger partial charge in [0.25, 0.3) is 0 Å². The Morgan fingerprint density at radius 2 is 2.43 bits per heavy atom. The van der Waals surface area contributed by atoms with Crippen LogP contribution in [0.4, 0.5) is 0 Å². The van der Waals surface area contributed by atoms with E-state index in [1.807, 2.05) is 13.0 Å². The maximum absolute atomic E-state index is 12.2. The zero-order chi connectivity index (χ0) is 14.7. The van der Waals surface area contributed by atoms with Gasteiger partial charge < -0.3 is 9.84 Å². The Bertz CT molecular complexity index is 597. The molecule has 1 atom stereocenters. The fourth-order valence-electron chi connectivity index (χ4n) is 2.49. The van der Waals surface area contributed by atoms with Crippen molar-refractivity contribution in [3.8, 4) is 0 Å². The highest BCUT2D eigenvalue weighted by molar-refractivity contribution is 5.78. The topological polar surface area (TPSA) is 98.7 Å². The van der Waals surface area contributed by atoms with Gasteiger partial charge in [-0.3, -0.25) is 4.79 Å². The molecule has 3 rings (SSSR count). The van der Waals surface area contributed by atoms with Crippen molar-refractivity contribution < 1.29 is 9.32 Å². The summed E-state index contributed by atoms with van der Waals surface area (Å²) in [6.07, 6.45) is 3.07. The third kappa shape index (κ3) is 3.09. The first-order chi connectivity index (χ1) is 10.3. The van der Waals surface area contributed by atoms with Crippen molar-refractivity contribution in [3.63, 3.8) is 0 Å². The van der Waals surface area contributed by atoms with Crippen LogP contribution in [0.5, 0.6) is 0 Å². The van der Waals surface area contributed by atoms with Gasteiger partial charge in [-0.25, -0.2) is 4.68 Å². The van der Waals surface area contributed by atoms with Crippen LogP contribution in [0.1, 0.15) is 37.0 Å². The van der Waals surface area contributed by atoms with E-state index in [1.54, 1.807) is 4.68 Å². The summed E-state index contributed by atoms with van der Waals surface area (Å²) < 4.78 is 6.93. The first-order valence-electron chi connectivity index (χ1n) is 7.23. The number of carbonyl (C=O) groups is 1. The number of carbonyl (C=O) groups excluding carboxylic acids is 1. The van der Waals surface area contributed by atoms with Gasteiger partial charge in [-0.05, 0) is 29.7 Å². The maximum atomic E-state index is 12.2. The van der Waals surface area contributed by atoms with E-state index < -0.39 is 0 Å². The van der Waals surface area contributed by atoms with E-state index in [0.29, 0.717) is 18.8 Å². The van der Waals surface area contributed by atoms with E-state index in [-0.39, 0.29) is 11.8 Å². The highest BCUT2D eigenvalue weighted by Crippen LogP contribution is 2.18. The molecular weight excluding hydrogens is 272 g/mol. The molecule has 0 aliphatic carbocycles. The Hall–Kier alpha value is -2.25. The minimum absolute atomic E-state index is 0.0259. The van der Waals surface area contributed by atoms with Gasteiger partial charge in [-0.2, -0.15) is 0 Å². The molecule has 8 nitrogen and oxygen atoms in total. The van der Waals surface area contributed by atoms with E-state index >= 15 is 0 Å². The predicted molar refractivity (Wildman–Crippen MR) is 72.0 cm³/mol. The molecule has 0 saturated heterocycles. The highest BCUT2D eigenvalue weighted by atomic mass is 16.5. The minimum atomic E-state index is -0.0259. The number of nitrogens with one attached hydrogen (secondary N) is 1. The molecule has 1 aliphatic rings. The van der Waals surface area contributed by atoms with E-state index in [1.165, 1.54) is 0 Å². The number of rotatable bonds is 4. The molecule has 3 heterocycles. The first kappa shape index (κ1) is 13.7. The fraction of sp³-hybridized carbons (Fsp3) is 0.615. The number of aryl methyl sites for hydroxylation is 3. The molecule has 1 N–H and O–H groups in total. The summed E-state index contributed by atoms with van der Waals surface area (Å²) in [6.45, 7) is 3.08. The minimum Gasteiger partial charge on any atom is -0.359 e. The molecule has 0 spiro atoms. The van der Waals surface area contributed by atoms with Crippen molar-refractivity contribution in [3.05, 3.63) is 23.3 Å². The SMILES string of the molecule is CCc1cc(CNC(=O)C2CCc3nnnn3CC2)on1. The lowest BCUT2D eigenvalue weighted by molar-refractivity contribution is -0.125. The average Bonchev–Trinajstić information content (AvgIpc) is 3.10. The summed E-state index contributed by atoms with van der Waals surface area (Å²) in [7, 11) is 0. The van der Waals surface area contributed by atoms with Crippen molar-refractivity contribution in [2.75, 3.05) is 0 Å². The molecule has 0 aromatic carbocycles. The summed E-state index contributed by atoms with van der Waals surface area (Å²) in [5.41, 5.74) is 0.901. The Labute approximate surface area is 121 Å². The van der Waals surface area contributed by atoms with Gasteiger partial charge >= 0.3 is 0 Å². The number of tetrazole rings is 1. The molecule has 2 aromatic rings. The van der Waals surface area contributed by atoms with Gasteiger partial charge in [0.1, 0.15) is 0 Å². The van der Waals surface area contributed by atoms with Gasteiger partial charge in [0.15, 0.2) is 11.6 Å². The number of fused-ring (bicyclic) bond motifs is 1. The molecule has 0 radical (unpaired) electrons. The molecule has 1 amide bonds. The summed E-state index contributed by atoms with van der Waals surface area (Å²) in [4.78, 5) is 12.2. The molecule has 8 heteroatoms. The molecule has 1 unspecified atom stereocenters. The summed E-state index contributed by atoms with van der Waals surface area (Å²) >= 11 is 0. The van der Waals surface area contributed by atoms with E-state index in [2.05, 4.69) is 26.0 Å². The molecule has 112 valence electrons. The Morgan fingerprint density at radius 1 is 1.52 bits per heavy atom. The van der Waals surface area contributed by atoms with Gasteiger partial charge in [0, 0.05) is 24.9 Å². The summed E-state index contributed by atoms with van der Waals surface area (Å²) in [5.74, 6) is 1.56. The largest absolute Gasteiger partial charge is 0.359 e. The number of amides is 1. The average molecular weight is 290 g/mol. The molecule has 21 heavy (non-hydrogen) atoms. The molecule has 1 aliphatic heterocycles. The number of nitrogens with zero attached hydrogens (tertiary/aromatic N) is 5. The van der Waals surface area contributed by atoms with Crippen molar-refractivity contribution in [1.29, 1.82) is 0 Å². The molecule has 0 bridgehead atoms. The zero-order valence-electron chi connectivity index (χ0n) is 11.9. The van der Waals surface area contributed by atoms with Gasteiger partial charge in [-0.1, -0.05) is 12.1 Å². The quantitative estimate of drug-likeness (QED) is 0.880. The van der Waals surface area contributed by atoms with Crippen molar-refractivity contribution in [2.45, 2.75) is 45.7 Å². The van der Waals surface area contributed by atoms with Crippen LogP contribution in [0.2, 0.25) is 0 Å². The van der Waals surface area contributed by atoms with Crippen LogP contribution in [0, 0.1) is 5.92 Å². The predicted octanol–water partition coefficient (Wildman–Crippen LogP) is 0.492. The summed E-state index contributed by atoms with van der Waals surface area (Å²) in [6, 6.07) is 1.87. The number of aromatic nitrogens is 5. The van der Waals surface area contributed by atoms with Crippen LogP contribution in [-0.4, -0.2) is 31.3 Å². The van der Waals surface area contributed by atoms with Gasteiger partial charge in [-0.15, -0.1) is 5.10 Å². The smallest absolute Gasteiger partial charge is 0.223 e. The second kappa shape index (κ2) is 6.02. The second-order valence-electron chi connectivity index (χ2n) is 5.20. The molecular formula is C13H18N6O2. The van der Waals surface area contributed by atoms with Gasteiger partial charge in [0.05, 0.1) is 12.2 Å². The number of hydrogen-bond acceptors (Lipinski definition) is 6. The standard InChI is InChI=1S/C13H18N6O2/c1-2-10-7-11(21-16-10)8-14-13(20)9-3-4-12-15-17-18-19(12)6-5-9/h7,9H,2-6,8H2,1H3,(H,14,20). The molecule has 0 fully saturated rings. The fourth-order valence-corrected chi connectivity index (χ4v) is 2.49. The van der Waals surface area contributed by atoms with E-state index in [4.69, 9.17) is 4.52 Å². The van der Waals surface area contributed by atoms with Crippen LogP contribution in [-0.2, 0) is 30.7 Å². The zero-order valence-corrected chi connectivity index (χ0v) is 11.9. The van der Waals surface area contributed by atoms with E-state index in [9.17, 15) is 4.79 Å². The maximum Gasteiger partial charge on any atom is 0.223 e. The third-order valence-corrected chi connectivity index (χ3v) is 3.79. The van der Waals surface area contributed by atoms with Crippen LogP contribution in [0.15, 0.2) is 10.6 Å². The van der Waals surface area contributed by atoms with Crippen molar-refractivity contribution >= 4 is 5.91 Å². The third-order valence-electron chi connectivity index (χ3n) is 3.79. The van der Waals surface area contributed by atoms with Crippen molar-refractivity contribution in [1.82, 2.24) is 30.7 Å². The lowest BCUT2D eigenvalue weighted by Gasteiger charge is -2.12. The van der Waals surface area contributed by atoms with Crippen molar-refractivity contribution in [2.24, 2.45) is 5.92 Å². The second-order valence-corrected chi connectivity index (χ2v) is 5.20. The molecule has 2 aromatic heterocycles. The Balaban J connectivity index is 1.52. The molecule has 0 saturated carbocycles.